The van der Waals surface area contributed by atoms with Crippen LogP contribution in [0.1, 0.15) is 32.3 Å². The molecule has 0 amide bonds. The van der Waals surface area contributed by atoms with E-state index in [1.54, 1.807) is 0 Å². The van der Waals surface area contributed by atoms with Gasteiger partial charge in [-0.05, 0) is 45.7 Å². The lowest BCUT2D eigenvalue weighted by molar-refractivity contribution is 0.171. The molecule has 0 radical (unpaired) electrons. The minimum Gasteiger partial charge on any atom is -0.372 e. The van der Waals surface area contributed by atoms with Gasteiger partial charge in [0.05, 0.1) is 7.18 Å². The predicted molar refractivity (Wildman–Crippen MR) is 86.3 cm³/mol. The number of benzene rings is 1. The lowest BCUT2D eigenvalue weighted by Gasteiger charge is -2.39. The Morgan fingerprint density at radius 3 is 2.05 bits per heavy atom. The molecule has 2 nitrogen and oxygen atoms in total. The first-order valence-corrected chi connectivity index (χ1v) is 7.49. The fourth-order valence-corrected chi connectivity index (χ4v) is 2.78. The molecule has 0 aliphatic carbocycles. The van der Waals surface area contributed by atoms with E-state index in [1.165, 1.54) is 37.2 Å². The summed E-state index contributed by atoms with van der Waals surface area (Å²) in [7, 11) is 2.74. The smallest absolute Gasteiger partial charge is 0.0785 e. The molecule has 0 atom stereocenters. The molecule has 20 heavy (non-hydrogen) atoms. The van der Waals surface area contributed by atoms with Gasteiger partial charge in [-0.1, -0.05) is 17.7 Å². The van der Waals surface area contributed by atoms with Gasteiger partial charge in [-0.3, -0.25) is 4.39 Å². The van der Waals surface area contributed by atoms with Gasteiger partial charge in [0.15, 0.2) is 0 Å². The zero-order valence-corrected chi connectivity index (χ0v) is 13.6. The van der Waals surface area contributed by atoms with Gasteiger partial charge in [-0.25, -0.2) is 0 Å². The summed E-state index contributed by atoms with van der Waals surface area (Å²) in [6.07, 6.45) is 2.56. The third-order valence-electron chi connectivity index (χ3n) is 4.22. The van der Waals surface area contributed by atoms with Crippen LogP contribution >= 0.6 is 0 Å². The van der Waals surface area contributed by atoms with Crippen LogP contribution in [0.5, 0.6) is 0 Å². The Kier molecular flexibility index (Phi) is 7.00. The maximum Gasteiger partial charge on any atom is 0.0785 e. The largest absolute Gasteiger partial charge is 0.372 e. The van der Waals surface area contributed by atoms with Gasteiger partial charge in [0.25, 0.3) is 0 Å². The highest BCUT2D eigenvalue weighted by Crippen LogP contribution is 2.23. The van der Waals surface area contributed by atoms with Gasteiger partial charge in [-0.2, -0.15) is 0 Å². The standard InChI is InChI=1S/C16H26N2.CH3F/c1-13(2)18-11-9-16(10-12-18)17(4)15-7-5-14(3)6-8-15;1-2/h5-8,13,16H,9-12H2,1-4H3;1H3. The minimum absolute atomic E-state index is 0.500. The second-order valence-corrected chi connectivity index (χ2v) is 5.81. The number of nitrogens with zero attached hydrogens (tertiary/aromatic N) is 2. The van der Waals surface area contributed by atoms with Crippen molar-refractivity contribution in [2.45, 2.75) is 45.7 Å². The van der Waals surface area contributed by atoms with Crippen molar-refractivity contribution in [3.8, 4) is 0 Å². The predicted octanol–water partition coefficient (Wildman–Crippen LogP) is 3.89. The van der Waals surface area contributed by atoms with Gasteiger partial charge >= 0.3 is 0 Å². The van der Waals surface area contributed by atoms with E-state index in [9.17, 15) is 4.39 Å². The molecule has 2 rings (SSSR count). The molecule has 1 aromatic rings. The normalized spacial score (nSPS) is 16.8. The van der Waals surface area contributed by atoms with Crippen LogP contribution in [-0.2, 0) is 0 Å². The summed E-state index contributed by atoms with van der Waals surface area (Å²) in [6, 6.07) is 10.3. The van der Waals surface area contributed by atoms with E-state index in [4.69, 9.17) is 0 Å². The molecule has 114 valence electrons. The number of halogens is 1. The number of hydrogen-bond acceptors (Lipinski definition) is 2. The van der Waals surface area contributed by atoms with Crippen molar-refractivity contribution in [3.63, 3.8) is 0 Å². The molecule has 3 heteroatoms. The van der Waals surface area contributed by atoms with Crippen LogP contribution in [0.15, 0.2) is 24.3 Å². The SMILES string of the molecule is CF.Cc1ccc(N(C)C2CCN(C(C)C)CC2)cc1. The molecule has 1 aliphatic rings. The van der Waals surface area contributed by atoms with E-state index in [2.05, 4.69) is 61.9 Å². The number of piperidine rings is 1. The third-order valence-corrected chi connectivity index (χ3v) is 4.22. The van der Waals surface area contributed by atoms with Crippen molar-refractivity contribution in [1.82, 2.24) is 4.90 Å². The average Bonchev–Trinajstić information content (AvgIpc) is 2.49. The molecule has 1 heterocycles. The van der Waals surface area contributed by atoms with Crippen LogP contribution < -0.4 is 4.90 Å². The van der Waals surface area contributed by atoms with Gasteiger partial charge in [0.2, 0.25) is 0 Å². The monoisotopic (exact) mass is 280 g/mol. The highest BCUT2D eigenvalue weighted by molar-refractivity contribution is 5.47. The topological polar surface area (TPSA) is 6.48 Å². The maximum absolute atomic E-state index is 9.50. The molecule has 0 N–H and O–H groups in total. The van der Waals surface area contributed by atoms with Gasteiger partial charge in [0.1, 0.15) is 0 Å². The van der Waals surface area contributed by atoms with E-state index in [-0.39, 0.29) is 0 Å². The van der Waals surface area contributed by atoms with Crippen molar-refractivity contribution in [3.05, 3.63) is 29.8 Å². The van der Waals surface area contributed by atoms with Crippen molar-refractivity contribution >= 4 is 5.69 Å². The zero-order valence-electron chi connectivity index (χ0n) is 13.6. The van der Waals surface area contributed by atoms with Crippen molar-refractivity contribution in [1.29, 1.82) is 0 Å². The zero-order chi connectivity index (χ0) is 15.1. The number of anilines is 1. The first-order valence-electron chi connectivity index (χ1n) is 7.49. The highest BCUT2D eigenvalue weighted by atomic mass is 19.1. The fourth-order valence-electron chi connectivity index (χ4n) is 2.78. The van der Waals surface area contributed by atoms with Crippen LogP contribution in [0.25, 0.3) is 0 Å². The molecule has 1 aromatic carbocycles. The summed E-state index contributed by atoms with van der Waals surface area (Å²) >= 11 is 0. The molecule has 1 fully saturated rings. The number of aryl methyl sites for hydroxylation is 1. The first-order chi connectivity index (χ1) is 9.58. The van der Waals surface area contributed by atoms with Crippen LogP contribution in [0, 0.1) is 6.92 Å². The second kappa shape index (κ2) is 8.25. The molecular formula is C17H29FN2. The highest BCUT2D eigenvalue weighted by Gasteiger charge is 2.23. The molecule has 0 saturated carbocycles. The molecule has 0 bridgehead atoms. The Morgan fingerprint density at radius 1 is 1.10 bits per heavy atom. The van der Waals surface area contributed by atoms with Crippen LogP contribution in [0.4, 0.5) is 10.1 Å². The van der Waals surface area contributed by atoms with Gasteiger partial charge in [-0.15, -0.1) is 0 Å². The van der Waals surface area contributed by atoms with Gasteiger partial charge < -0.3 is 9.80 Å². The molecule has 0 aromatic heterocycles. The Labute approximate surface area is 123 Å². The molecule has 1 aliphatic heterocycles. The second-order valence-electron chi connectivity index (χ2n) is 5.81. The average molecular weight is 280 g/mol. The summed E-state index contributed by atoms with van der Waals surface area (Å²) in [5, 5.41) is 0. The molecule has 0 spiro atoms. The van der Waals surface area contributed by atoms with Crippen molar-refractivity contribution in [2.24, 2.45) is 0 Å². The number of alkyl halides is 1. The van der Waals surface area contributed by atoms with E-state index in [0.717, 1.165) is 0 Å². The lowest BCUT2D eigenvalue weighted by Crippen LogP contribution is -2.45. The van der Waals surface area contributed by atoms with E-state index < -0.39 is 0 Å². The number of rotatable bonds is 3. The van der Waals surface area contributed by atoms with Crippen molar-refractivity contribution in [2.75, 3.05) is 32.2 Å². The molecular weight excluding hydrogens is 251 g/mol. The number of likely N-dealkylation sites (tertiary alicyclic amines) is 1. The number of hydrogen-bond donors (Lipinski definition) is 0. The Bertz CT molecular complexity index is 367. The maximum atomic E-state index is 9.50. The minimum atomic E-state index is 0.500. The summed E-state index contributed by atoms with van der Waals surface area (Å²) in [4.78, 5) is 5.04. The molecule has 0 unspecified atom stereocenters. The van der Waals surface area contributed by atoms with Gasteiger partial charge in [0, 0.05) is 37.9 Å². The van der Waals surface area contributed by atoms with Crippen LogP contribution in [0.3, 0.4) is 0 Å². The lowest BCUT2D eigenvalue weighted by atomic mass is 10.0. The van der Waals surface area contributed by atoms with E-state index >= 15 is 0 Å². The summed E-state index contributed by atoms with van der Waals surface area (Å²) in [5.74, 6) is 0. The summed E-state index contributed by atoms with van der Waals surface area (Å²) in [5.41, 5.74) is 2.69. The van der Waals surface area contributed by atoms with Crippen LogP contribution in [-0.4, -0.2) is 44.3 Å². The van der Waals surface area contributed by atoms with E-state index in [1.807, 2.05) is 0 Å². The Morgan fingerprint density at radius 2 is 1.60 bits per heavy atom. The van der Waals surface area contributed by atoms with Crippen molar-refractivity contribution < 1.29 is 4.39 Å². The first kappa shape index (κ1) is 17.0. The fraction of sp³-hybridized carbons (Fsp3) is 0.647. The third kappa shape index (κ3) is 4.48. The van der Waals surface area contributed by atoms with Crippen LogP contribution in [0.2, 0.25) is 0 Å². The quantitative estimate of drug-likeness (QED) is 0.829. The Hall–Kier alpha value is -1.09. The molecule has 1 saturated heterocycles. The summed E-state index contributed by atoms with van der Waals surface area (Å²) in [6.45, 7) is 9.20. The van der Waals surface area contributed by atoms with E-state index in [0.29, 0.717) is 19.3 Å². The summed E-state index contributed by atoms with van der Waals surface area (Å²) < 4.78 is 9.50. The Balaban J connectivity index is 0.000000956.